The van der Waals surface area contributed by atoms with Gasteiger partial charge in [0, 0.05) is 42.0 Å². The number of methoxy groups -OCH3 is 2. The highest BCUT2D eigenvalue weighted by molar-refractivity contribution is 9.12. The third kappa shape index (κ3) is 10.8. The number of likely N-dealkylation sites (N-methyl/N-ethyl adjacent to an activating group) is 1. The molecule has 0 amide bonds. The molecule has 6 nitrogen and oxygen atoms in total. The summed E-state index contributed by atoms with van der Waals surface area (Å²) in [4.78, 5) is 4.84. The van der Waals surface area contributed by atoms with Crippen LogP contribution in [0.4, 0.5) is 0 Å². The molecule has 0 fully saturated rings. The minimum absolute atomic E-state index is 0.460. The fourth-order valence-corrected chi connectivity index (χ4v) is 3.21. The highest BCUT2D eigenvalue weighted by atomic mass is 79.9. The molecule has 0 spiro atoms. The van der Waals surface area contributed by atoms with Crippen molar-refractivity contribution in [1.82, 2.24) is 10.3 Å². The maximum Gasteiger partial charge on any atom is 0.145 e. The lowest BCUT2D eigenvalue weighted by molar-refractivity contribution is 0.391. The van der Waals surface area contributed by atoms with E-state index in [1.54, 1.807) is 25.4 Å². The number of nitrogens with zero attached hydrogens (tertiary/aromatic N) is 3. The fourth-order valence-electron chi connectivity index (χ4n) is 3.12. The number of halogens is 1. The van der Waals surface area contributed by atoms with Crippen molar-refractivity contribution < 1.29 is 9.47 Å². The lowest BCUT2D eigenvalue weighted by atomic mass is 10.1. The van der Waals surface area contributed by atoms with E-state index < -0.39 is 0 Å². The monoisotopic (exact) mass is 506 g/mol. The van der Waals surface area contributed by atoms with Crippen LogP contribution in [-0.2, 0) is 6.54 Å². The van der Waals surface area contributed by atoms with E-state index in [0.29, 0.717) is 11.0 Å². The Balaban J connectivity index is 3.03. The summed E-state index contributed by atoms with van der Waals surface area (Å²) in [6.07, 6.45) is 12.3. The van der Waals surface area contributed by atoms with E-state index in [2.05, 4.69) is 45.9 Å². The Bertz CT molecular complexity index is 790. The van der Waals surface area contributed by atoms with E-state index in [0.717, 1.165) is 41.4 Å². The molecule has 0 heterocycles. The molecule has 0 unspecified atom stereocenters. The van der Waals surface area contributed by atoms with Gasteiger partial charge in [0.1, 0.15) is 17.3 Å². The van der Waals surface area contributed by atoms with Crippen molar-refractivity contribution in [3.63, 3.8) is 0 Å². The molecule has 0 aliphatic carbocycles. The number of nitrogens with one attached hydrogen (secondary N) is 1. The maximum absolute atomic E-state index is 5.52. The minimum atomic E-state index is 0.460. The van der Waals surface area contributed by atoms with E-state index in [-0.39, 0.29) is 0 Å². The molecule has 0 radical (unpaired) electrons. The number of rotatable bonds is 15. The number of aliphatic imine (C=N–C) groups is 1. The normalized spacial score (nSPS) is 12.2. The first-order chi connectivity index (χ1) is 15.4. The first kappa shape index (κ1) is 27.8. The molecule has 1 aromatic carbocycles. The van der Waals surface area contributed by atoms with Crippen LogP contribution in [0.1, 0.15) is 57.4 Å². The molecule has 0 aromatic heterocycles. The van der Waals surface area contributed by atoms with E-state index in [1.807, 2.05) is 32.3 Å². The molecule has 32 heavy (non-hydrogen) atoms. The van der Waals surface area contributed by atoms with Crippen LogP contribution in [0.3, 0.4) is 0 Å². The van der Waals surface area contributed by atoms with E-state index >= 15 is 0 Å². The van der Waals surface area contributed by atoms with Crippen LogP contribution in [-0.4, -0.2) is 45.4 Å². The third-order valence-electron chi connectivity index (χ3n) is 5.03. The van der Waals surface area contributed by atoms with Crippen molar-refractivity contribution in [2.75, 3.05) is 28.3 Å². The number of hydrogen-bond acceptors (Lipinski definition) is 5. The predicted octanol–water partition coefficient (Wildman–Crippen LogP) is 6.28. The summed E-state index contributed by atoms with van der Waals surface area (Å²) in [7, 11) is 7.13. The summed E-state index contributed by atoms with van der Waals surface area (Å²) < 4.78 is 11.5. The molecule has 0 aliphatic heterocycles. The van der Waals surface area contributed by atoms with Crippen LogP contribution in [0.2, 0.25) is 0 Å². The Hall–Kier alpha value is -2.28. The van der Waals surface area contributed by atoms with E-state index in [4.69, 9.17) is 14.5 Å². The summed E-state index contributed by atoms with van der Waals surface area (Å²) in [6.45, 7) is 6.52. The number of benzene rings is 1. The van der Waals surface area contributed by atoms with Gasteiger partial charge in [-0.3, -0.25) is 10.0 Å². The Morgan fingerprint density at radius 3 is 2.50 bits per heavy atom. The maximum atomic E-state index is 5.52. The second kappa shape index (κ2) is 16.4. The van der Waals surface area contributed by atoms with Gasteiger partial charge in [0.25, 0.3) is 0 Å². The summed E-state index contributed by atoms with van der Waals surface area (Å²) in [5, 5.41) is 9.51. The van der Waals surface area contributed by atoms with E-state index in [9.17, 15) is 0 Å². The van der Waals surface area contributed by atoms with Crippen LogP contribution in [0.15, 0.2) is 51.1 Å². The number of ether oxygens (including phenoxy) is 2. The SMILES string of the molecule is C=C(Br)/C=N\N(C)C(C=C(CCCCCCCC)NC)=NCc1ccc(OC)cc1OC. The largest absolute Gasteiger partial charge is 0.497 e. The van der Waals surface area contributed by atoms with Gasteiger partial charge in [0.15, 0.2) is 0 Å². The third-order valence-corrected chi connectivity index (χ3v) is 5.24. The van der Waals surface area contributed by atoms with Crippen LogP contribution in [0, 0.1) is 0 Å². The topological polar surface area (TPSA) is 58.5 Å². The smallest absolute Gasteiger partial charge is 0.145 e. The van der Waals surface area contributed by atoms with Gasteiger partial charge in [-0.25, -0.2) is 0 Å². The van der Waals surface area contributed by atoms with Crippen LogP contribution in [0.25, 0.3) is 0 Å². The quantitative estimate of drug-likeness (QED) is 0.131. The van der Waals surface area contributed by atoms with Crippen molar-refractivity contribution in [2.24, 2.45) is 10.1 Å². The number of allylic oxidation sites excluding steroid dienone is 2. The van der Waals surface area contributed by atoms with Crippen LogP contribution < -0.4 is 14.8 Å². The molecule has 0 bridgehead atoms. The van der Waals surface area contributed by atoms with E-state index in [1.165, 1.54) is 32.1 Å². The number of hydrazone groups is 1. The van der Waals surface area contributed by atoms with Gasteiger partial charge < -0.3 is 14.8 Å². The Morgan fingerprint density at radius 2 is 1.88 bits per heavy atom. The van der Waals surface area contributed by atoms with Crippen LogP contribution >= 0.6 is 15.9 Å². The summed E-state index contributed by atoms with van der Waals surface area (Å²) >= 11 is 3.32. The fraction of sp³-hybridized carbons (Fsp3) is 0.520. The zero-order valence-electron chi connectivity index (χ0n) is 20.3. The highest BCUT2D eigenvalue weighted by Gasteiger charge is 2.08. The number of amidine groups is 1. The van der Waals surface area contributed by atoms with Crippen molar-refractivity contribution in [2.45, 2.75) is 58.4 Å². The second-order valence-electron chi connectivity index (χ2n) is 7.50. The van der Waals surface area contributed by atoms with Gasteiger partial charge in [-0.05, 0) is 40.9 Å². The Morgan fingerprint density at radius 1 is 1.16 bits per heavy atom. The average molecular weight is 508 g/mol. The zero-order chi connectivity index (χ0) is 23.8. The first-order valence-electron chi connectivity index (χ1n) is 11.2. The minimum Gasteiger partial charge on any atom is -0.497 e. The van der Waals surface area contributed by atoms with Gasteiger partial charge in [0.2, 0.25) is 0 Å². The molecule has 7 heteroatoms. The Labute approximate surface area is 202 Å². The summed E-state index contributed by atoms with van der Waals surface area (Å²) in [6, 6.07) is 5.76. The molecule has 1 N–H and O–H groups in total. The molecular formula is C25H39BrN4O2. The lowest BCUT2D eigenvalue weighted by Gasteiger charge is -2.16. The molecule has 0 saturated carbocycles. The van der Waals surface area contributed by atoms with Gasteiger partial charge >= 0.3 is 0 Å². The zero-order valence-corrected chi connectivity index (χ0v) is 21.9. The number of hydrogen-bond donors (Lipinski definition) is 1. The van der Waals surface area contributed by atoms with Crippen molar-refractivity contribution >= 4 is 28.0 Å². The van der Waals surface area contributed by atoms with Crippen LogP contribution in [0.5, 0.6) is 11.5 Å². The Kier molecular flexibility index (Phi) is 14.2. The van der Waals surface area contributed by atoms with Gasteiger partial charge in [-0.1, -0.05) is 45.6 Å². The van der Waals surface area contributed by atoms with Gasteiger partial charge in [-0.15, -0.1) is 0 Å². The summed E-state index contributed by atoms with van der Waals surface area (Å²) in [5.41, 5.74) is 2.11. The predicted molar refractivity (Wildman–Crippen MR) is 140 cm³/mol. The second-order valence-corrected chi connectivity index (χ2v) is 8.52. The summed E-state index contributed by atoms with van der Waals surface area (Å²) in [5.74, 6) is 2.25. The standard InChI is InChI=1S/C25H39BrN4O2/c1-7-8-9-10-11-12-13-22(27-3)16-25(30(4)29-18-20(2)26)28-19-21-14-15-23(31-5)17-24(21)32-6/h14-18,27H,2,7-13,19H2,1,3-6H3/b22-16?,28-25?,29-18-. The molecule has 1 aromatic rings. The molecule has 0 atom stereocenters. The molecular weight excluding hydrogens is 468 g/mol. The van der Waals surface area contributed by atoms with Crippen molar-refractivity contribution in [1.29, 1.82) is 0 Å². The van der Waals surface area contributed by atoms with Gasteiger partial charge in [-0.2, -0.15) is 5.10 Å². The molecule has 178 valence electrons. The van der Waals surface area contributed by atoms with Gasteiger partial charge in [0.05, 0.1) is 27.0 Å². The van der Waals surface area contributed by atoms with Crippen molar-refractivity contribution in [3.05, 3.63) is 46.6 Å². The lowest BCUT2D eigenvalue weighted by Crippen LogP contribution is -2.22. The average Bonchev–Trinajstić information content (AvgIpc) is 2.80. The molecule has 1 rings (SSSR count). The molecule has 0 aliphatic rings. The van der Waals surface area contributed by atoms with Crippen molar-refractivity contribution in [3.8, 4) is 11.5 Å². The molecule has 0 saturated heterocycles. The first-order valence-corrected chi connectivity index (χ1v) is 12.0. The highest BCUT2D eigenvalue weighted by Crippen LogP contribution is 2.25. The number of unbranched alkanes of at least 4 members (excludes halogenated alkanes) is 5.